The molecule has 0 unspecified atom stereocenters. The highest BCUT2D eigenvalue weighted by molar-refractivity contribution is 7.92. The van der Waals surface area contributed by atoms with Crippen LogP contribution in [0.4, 0.5) is 0 Å². The Morgan fingerprint density at radius 1 is 0.853 bits per heavy atom. The van der Waals surface area contributed by atoms with Crippen molar-refractivity contribution in [2.45, 2.75) is 43.9 Å². The van der Waals surface area contributed by atoms with Crippen LogP contribution in [0.5, 0.6) is 0 Å². The Hall–Kier alpha value is -3.20. The van der Waals surface area contributed by atoms with Gasteiger partial charge in [0, 0.05) is 38.2 Å². The second-order valence-corrected chi connectivity index (χ2v) is 10.6. The van der Waals surface area contributed by atoms with Crippen molar-refractivity contribution < 1.29 is 22.8 Å². The summed E-state index contributed by atoms with van der Waals surface area (Å²) in [6, 6.07) is 12.8. The van der Waals surface area contributed by atoms with Gasteiger partial charge in [0.2, 0.25) is 21.1 Å². The van der Waals surface area contributed by atoms with Crippen LogP contribution in [-0.2, 0) is 19.4 Å². The van der Waals surface area contributed by atoms with E-state index < -0.39 is 27.0 Å². The number of hydrogen-bond donors (Lipinski definition) is 1. The standard InChI is InChI=1S/C25H31N3O5S/c1-4-5-22(29)27-14-16-28(17-15-27)25(31)24(26-23(30)20-10-6-18(2)7-11-20)34(32,33)21-12-8-19(3)9-13-21/h6-13,24H,4-5,14-17H2,1-3H3,(H,26,30)/t24-/m0/s1. The minimum Gasteiger partial charge on any atom is -0.339 e. The van der Waals surface area contributed by atoms with Crippen LogP contribution in [0, 0.1) is 13.8 Å². The summed E-state index contributed by atoms with van der Waals surface area (Å²) in [5.74, 6) is -1.33. The van der Waals surface area contributed by atoms with Gasteiger partial charge in [0.05, 0.1) is 4.90 Å². The molecule has 3 rings (SSSR count). The van der Waals surface area contributed by atoms with Crippen LogP contribution in [0.15, 0.2) is 53.4 Å². The molecule has 0 saturated carbocycles. The first kappa shape index (κ1) is 25.4. The Balaban J connectivity index is 1.86. The number of benzene rings is 2. The van der Waals surface area contributed by atoms with Gasteiger partial charge in [0.1, 0.15) is 0 Å². The highest BCUT2D eigenvalue weighted by atomic mass is 32.2. The zero-order chi connectivity index (χ0) is 24.9. The molecule has 0 spiro atoms. The SMILES string of the molecule is CCCC(=O)N1CCN(C(=O)[C@@H](NC(=O)c2ccc(C)cc2)S(=O)(=O)c2ccc(C)cc2)CC1. The average Bonchev–Trinajstić information content (AvgIpc) is 2.83. The molecular weight excluding hydrogens is 454 g/mol. The maximum absolute atomic E-state index is 13.5. The summed E-state index contributed by atoms with van der Waals surface area (Å²) < 4.78 is 27.0. The lowest BCUT2D eigenvalue weighted by molar-refractivity contribution is -0.139. The summed E-state index contributed by atoms with van der Waals surface area (Å²) in [6.07, 6.45) is 1.17. The Bertz CT molecular complexity index is 1140. The highest BCUT2D eigenvalue weighted by Gasteiger charge is 2.39. The zero-order valence-electron chi connectivity index (χ0n) is 19.8. The Morgan fingerprint density at radius 3 is 1.88 bits per heavy atom. The maximum Gasteiger partial charge on any atom is 0.261 e. The van der Waals surface area contributed by atoms with E-state index in [1.54, 1.807) is 41.3 Å². The average molecular weight is 486 g/mol. The summed E-state index contributed by atoms with van der Waals surface area (Å²) in [5.41, 5.74) is 2.09. The number of amides is 3. The first-order valence-electron chi connectivity index (χ1n) is 11.4. The van der Waals surface area contributed by atoms with E-state index in [-0.39, 0.29) is 29.5 Å². The highest BCUT2D eigenvalue weighted by Crippen LogP contribution is 2.19. The van der Waals surface area contributed by atoms with Gasteiger partial charge >= 0.3 is 0 Å². The molecule has 34 heavy (non-hydrogen) atoms. The molecule has 2 aromatic carbocycles. The molecule has 1 N–H and O–H groups in total. The number of nitrogens with one attached hydrogen (secondary N) is 1. The lowest BCUT2D eigenvalue weighted by Crippen LogP contribution is -2.57. The predicted molar refractivity (Wildman–Crippen MR) is 129 cm³/mol. The molecule has 0 aromatic heterocycles. The van der Waals surface area contributed by atoms with Crippen LogP contribution >= 0.6 is 0 Å². The molecule has 182 valence electrons. The summed E-state index contributed by atoms with van der Waals surface area (Å²) in [5, 5.41) is 0.683. The maximum atomic E-state index is 13.5. The minimum absolute atomic E-state index is 0.0195. The first-order chi connectivity index (χ1) is 16.1. The van der Waals surface area contributed by atoms with Crippen LogP contribution in [0.3, 0.4) is 0 Å². The molecule has 1 saturated heterocycles. The second-order valence-electron chi connectivity index (χ2n) is 8.53. The molecule has 0 aliphatic carbocycles. The number of piperazine rings is 1. The molecule has 2 aromatic rings. The quantitative estimate of drug-likeness (QED) is 0.648. The zero-order valence-corrected chi connectivity index (χ0v) is 20.6. The number of nitrogens with zero attached hydrogens (tertiary/aromatic N) is 2. The van der Waals surface area contributed by atoms with Gasteiger partial charge in [0.25, 0.3) is 11.8 Å². The summed E-state index contributed by atoms with van der Waals surface area (Å²) in [4.78, 5) is 41.6. The third kappa shape index (κ3) is 5.83. The van der Waals surface area contributed by atoms with Crippen molar-refractivity contribution in [1.82, 2.24) is 15.1 Å². The van der Waals surface area contributed by atoms with Gasteiger partial charge in [-0.05, 0) is 44.5 Å². The van der Waals surface area contributed by atoms with Crippen LogP contribution in [-0.4, -0.2) is 67.5 Å². The Labute approximate surface area is 200 Å². The van der Waals surface area contributed by atoms with Gasteiger partial charge in [-0.1, -0.05) is 42.3 Å². The fourth-order valence-corrected chi connectivity index (χ4v) is 5.22. The van der Waals surface area contributed by atoms with Gasteiger partial charge in [-0.25, -0.2) is 8.42 Å². The number of aryl methyl sites for hydroxylation is 2. The lowest BCUT2D eigenvalue weighted by atomic mass is 10.1. The van der Waals surface area contributed by atoms with E-state index in [0.717, 1.165) is 17.5 Å². The largest absolute Gasteiger partial charge is 0.339 e. The number of carbonyl (C=O) groups is 3. The summed E-state index contributed by atoms with van der Waals surface area (Å²) in [6.45, 7) is 6.69. The molecule has 0 bridgehead atoms. The third-order valence-corrected chi connectivity index (χ3v) is 7.74. The van der Waals surface area contributed by atoms with Crippen LogP contribution in [0.1, 0.15) is 41.3 Å². The fraction of sp³-hybridized carbons (Fsp3) is 0.400. The van der Waals surface area contributed by atoms with Gasteiger partial charge in [0.15, 0.2) is 0 Å². The molecule has 1 aliphatic heterocycles. The minimum atomic E-state index is -4.22. The van der Waals surface area contributed by atoms with E-state index in [9.17, 15) is 22.8 Å². The number of hydrogen-bond acceptors (Lipinski definition) is 5. The molecule has 1 heterocycles. The molecule has 0 radical (unpaired) electrons. The van der Waals surface area contributed by atoms with Crippen molar-refractivity contribution in [2.75, 3.05) is 26.2 Å². The van der Waals surface area contributed by atoms with Crippen molar-refractivity contribution in [3.05, 3.63) is 65.2 Å². The van der Waals surface area contributed by atoms with Gasteiger partial charge in [-0.3, -0.25) is 14.4 Å². The van der Waals surface area contributed by atoms with Crippen molar-refractivity contribution in [3.63, 3.8) is 0 Å². The lowest BCUT2D eigenvalue weighted by Gasteiger charge is -2.36. The van der Waals surface area contributed by atoms with Gasteiger partial charge in [-0.15, -0.1) is 0 Å². The Kier molecular flexibility index (Phi) is 8.09. The van der Waals surface area contributed by atoms with Crippen molar-refractivity contribution in [1.29, 1.82) is 0 Å². The molecule has 3 amide bonds. The first-order valence-corrected chi connectivity index (χ1v) is 12.9. The van der Waals surface area contributed by atoms with Crippen LogP contribution in [0.2, 0.25) is 0 Å². The van der Waals surface area contributed by atoms with E-state index in [2.05, 4.69) is 5.32 Å². The molecular formula is C25H31N3O5S. The molecule has 1 fully saturated rings. The van der Waals surface area contributed by atoms with E-state index in [1.165, 1.54) is 17.0 Å². The molecule has 8 nitrogen and oxygen atoms in total. The van der Waals surface area contributed by atoms with Crippen molar-refractivity contribution in [3.8, 4) is 0 Å². The second kappa shape index (κ2) is 10.8. The fourth-order valence-electron chi connectivity index (χ4n) is 3.76. The molecule has 1 aliphatic rings. The van der Waals surface area contributed by atoms with Crippen LogP contribution in [0.25, 0.3) is 0 Å². The molecule has 9 heteroatoms. The van der Waals surface area contributed by atoms with Crippen LogP contribution < -0.4 is 5.32 Å². The normalized spacial score (nSPS) is 15.0. The van der Waals surface area contributed by atoms with E-state index in [4.69, 9.17) is 0 Å². The van der Waals surface area contributed by atoms with Crippen molar-refractivity contribution >= 4 is 27.6 Å². The third-order valence-electron chi connectivity index (χ3n) is 5.87. The van der Waals surface area contributed by atoms with E-state index in [1.807, 2.05) is 20.8 Å². The smallest absolute Gasteiger partial charge is 0.261 e. The number of rotatable bonds is 7. The number of carbonyl (C=O) groups excluding carboxylic acids is 3. The van der Waals surface area contributed by atoms with E-state index >= 15 is 0 Å². The number of sulfone groups is 1. The monoisotopic (exact) mass is 485 g/mol. The topological polar surface area (TPSA) is 104 Å². The van der Waals surface area contributed by atoms with E-state index in [0.29, 0.717) is 19.5 Å². The van der Waals surface area contributed by atoms with Crippen molar-refractivity contribution in [2.24, 2.45) is 0 Å². The Morgan fingerprint density at radius 2 is 1.35 bits per heavy atom. The van der Waals surface area contributed by atoms with Gasteiger partial charge in [-0.2, -0.15) is 0 Å². The summed E-state index contributed by atoms with van der Waals surface area (Å²) >= 11 is 0. The predicted octanol–water partition coefficient (Wildman–Crippen LogP) is 2.30. The van der Waals surface area contributed by atoms with Gasteiger partial charge < -0.3 is 15.1 Å². The molecule has 1 atom stereocenters. The summed E-state index contributed by atoms with van der Waals surface area (Å²) in [7, 11) is -4.22.